The van der Waals surface area contributed by atoms with Gasteiger partial charge in [-0.3, -0.25) is 0 Å². The molecule has 1 aromatic heterocycles. The van der Waals surface area contributed by atoms with E-state index >= 15 is 0 Å². The quantitative estimate of drug-likeness (QED) is 0.710. The summed E-state index contributed by atoms with van der Waals surface area (Å²) in [5.74, 6) is 0. The van der Waals surface area contributed by atoms with Crippen molar-refractivity contribution in [2.75, 3.05) is 0 Å². The molecule has 0 unspecified atom stereocenters. The number of rotatable bonds is 2. The first-order chi connectivity index (χ1) is 6.04. The van der Waals surface area contributed by atoms with E-state index in [-0.39, 0.29) is 5.41 Å². The Bertz CT molecular complexity index is 315. The van der Waals surface area contributed by atoms with Gasteiger partial charge in [0.25, 0.3) is 0 Å². The fourth-order valence-electron chi connectivity index (χ4n) is 0.892. The molecular formula is C11H13SW-. The van der Waals surface area contributed by atoms with Crippen molar-refractivity contribution in [3.05, 3.63) is 28.0 Å². The van der Waals surface area contributed by atoms with Crippen molar-refractivity contribution in [1.29, 1.82) is 0 Å². The number of thiophene rings is 1. The van der Waals surface area contributed by atoms with Crippen molar-refractivity contribution < 1.29 is 19.4 Å². The molecule has 0 aliphatic rings. The van der Waals surface area contributed by atoms with E-state index in [1.54, 1.807) is 0 Å². The standard InChI is InChI=1S/C11H13S.W/c1-5-6-9-7-8-10(12-9)11(2,3)4;/h1,5-6,8H,2-4H3;/q-1;/b6-5-;. The molecule has 0 nitrogen and oxygen atoms in total. The van der Waals surface area contributed by atoms with Crippen LogP contribution in [0.1, 0.15) is 30.5 Å². The van der Waals surface area contributed by atoms with E-state index in [0.29, 0.717) is 0 Å². The summed E-state index contributed by atoms with van der Waals surface area (Å²) in [5, 5.41) is 0. The number of hydrogen-bond acceptors (Lipinski definition) is 1. The summed E-state index contributed by atoms with van der Waals surface area (Å²) >= 11 is 3.31. The predicted molar refractivity (Wildman–Crippen MR) is 57.0 cm³/mol. The third kappa shape index (κ3) is 3.32. The third-order valence-electron chi connectivity index (χ3n) is 1.63. The van der Waals surface area contributed by atoms with E-state index in [9.17, 15) is 0 Å². The first kappa shape index (κ1) is 11.1. The summed E-state index contributed by atoms with van der Waals surface area (Å²) in [6.45, 7) is 6.70. The Hall–Kier alpha value is -0.00169. The van der Waals surface area contributed by atoms with Crippen LogP contribution in [0.25, 0.3) is 6.08 Å². The summed E-state index contributed by atoms with van der Waals surface area (Å²) in [7, 11) is 0. The van der Waals surface area contributed by atoms with Crippen molar-refractivity contribution >= 4 is 21.8 Å². The van der Waals surface area contributed by atoms with Gasteiger partial charge in [-0.2, -0.15) is 0 Å². The van der Waals surface area contributed by atoms with E-state index in [1.807, 2.05) is 11.3 Å². The molecule has 0 bridgehead atoms. The molecule has 1 aromatic rings. The zero-order valence-electron chi connectivity index (χ0n) is 8.13. The van der Waals surface area contributed by atoms with Crippen molar-refractivity contribution in [2.45, 2.75) is 26.2 Å². The Labute approximate surface area is 95.1 Å². The zero-order chi connectivity index (χ0) is 9.90. The fourth-order valence-corrected chi connectivity index (χ4v) is 2.10. The number of allylic oxidation sites excluding steroid dienone is 1. The van der Waals surface area contributed by atoms with Crippen molar-refractivity contribution in [2.24, 2.45) is 0 Å². The summed E-state index contributed by atoms with van der Waals surface area (Å²) in [4.78, 5) is 2.62. The molecule has 1 heterocycles. The van der Waals surface area contributed by atoms with Crippen LogP contribution in [-0.4, -0.2) is 4.40 Å². The first-order valence-corrected chi connectivity index (χ1v) is 6.69. The van der Waals surface area contributed by atoms with E-state index in [1.165, 1.54) is 29.1 Å². The zero-order valence-corrected chi connectivity index (χ0v) is 11.9. The second-order valence-corrected chi connectivity index (χ2v) is 5.93. The summed E-state index contributed by atoms with van der Waals surface area (Å²) in [6, 6.07) is 5.37. The van der Waals surface area contributed by atoms with Gasteiger partial charge in [0.05, 0.1) is 0 Å². The van der Waals surface area contributed by atoms with E-state index in [2.05, 4.69) is 49.5 Å². The molecule has 1 rings (SSSR count). The summed E-state index contributed by atoms with van der Waals surface area (Å²) < 4.78 is 2.12. The molecule has 0 saturated carbocycles. The molecular weight excluding hydrogens is 348 g/mol. The molecule has 0 aliphatic heterocycles. The van der Waals surface area contributed by atoms with Crippen molar-refractivity contribution in [3.8, 4) is 0 Å². The third-order valence-corrected chi connectivity index (χ3v) is 3.62. The fraction of sp³-hybridized carbons (Fsp3) is 0.364. The van der Waals surface area contributed by atoms with Gasteiger partial charge in [-0.1, -0.05) is 0 Å². The maximum absolute atomic E-state index is 3.27. The second kappa shape index (κ2) is 4.48. The van der Waals surface area contributed by atoms with Gasteiger partial charge in [0, 0.05) is 0 Å². The van der Waals surface area contributed by atoms with E-state index in [4.69, 9.17) is 0 Å². The van der Waals surface area contributed by atoms with Crippen LogP contribution in [0, 0.1) is 6.07 Å². The maximum atomic E-state index is 3.27. The average molecular weight is 361 g/mol. The Kier molecular flexibility index (Phi) is 3.82. The minimum atomic E-state index is 0.258. The van der Waals surface area contributed by atoms with Crippen LogP contribution in [0.5, 0.6) is 0 Å². The molecule has 0 radical (unpaired) electrons. The Balaban J connectivity index is 2.87. The van der Waals surface area contributed by atoms with Crippen LogP contribution in [0.4, 0.5) is 0 Å². The summed E-state index contributed by atoms with van der Waals surface area (Å²) in [6.07, 6.45) is 4.21. The van der Waals surface area contributed by atoms with E-state index in [0.717, 1.165) is 0 Å². The van der Waals surface area contributed by atoms with Gasteiger partial charge < -0.3 is 0 Å². The molecule has 0 N–H and O–H groups in total. The molecule has 2 heteroatoms. The molecule has 13 heavy (non-hydrogen) atoms. The van der Waals surface area contributed by atoms with Gasteiger partial charge in [0.15, 0.2) is 0 Å². The van der Waals surface area contributed by atoms with Gasteiger partial charge in [-0.15, -0.1) is 0 Å². The van der Waals surface area contributed by atoms with Crippen LogP contribution >= 0.6 is 11.3 Å². The van der Waals surface area contributed by atoms with Crippen LogP contribution < -0.4 is 0 Å². The van der Waals surface area contributed by atoms with Gasteiger partial charge in [-0.05, 0) is 0 Å². The van der Waals surface area contributed by atoms with Gasteiger partial charge in [0.2, 0.25) is 0 Å². The molecule has 70 valence electrons. The Morgan fingerprint density at radius 1 is 1.46 bits per heavy atom. The van der Waals surface area contributed by atoms with Gasteiger partial charge in [-0.25, -0.2) is 0 Å². The predicted octanol–water partition coefficient (Wildman–Crippen LogP) is 3.21. The van der Waals surface area contributed by atoms with Crippen molar-refractivity contribution in [1.82, 2.24) is 0 Å². The topological polar surface area (TPSA) is 0 Å². The molecule has 0 spiro atoms. The van der Waals surface area contributed by atoms with Crippen LogP contribution in [0.15, 0.2) is 12.1 Å². The van der Waals surface area contributed by atoms with Crippen LogP contribution in [0.2, 0.25) is 0 Å². The van der Waals surface area contributed by atoms with Crippen LogP contribution in [0.3, 0.4) is 0 Å². The first-order valence-electron chi connectivity index (χ1n) is 4.18. The molecule has 0 aromatic carbocycles. The second-order valence-electron chi connectivity index (χ2n) is 3.86. The average Bonchev–Trinajstić information content (AvgIpc) is 2.47. The molecule has 0 atom stereocenters. The van der Waals surface area contributed by atoms with Gasteiger partial charge in [0.1, 0.15) is 0 Å². The Morgan fingerprint density at radius 2 is 2.15 bits per heavy atom. The molecule has 0 fully saturated rings. The minimum absolute atomic E-state index is 0.258. The monoisotopic (exact) mass is 361 g/mol. The molecule has 0 amide bonds. The Morgan fingerprint density at radius 3 is 2.62 bits per heavy atom. The number of hydrogen-bond donors (Lipinski definition) is 0. The van der Waals surface area contributed by atoms with Gasteiger partial charge >= 0.3 is 95.3 Å². The van der Waals surface area contributed by atoms with Crippen LogP contribution in [-0.2, 0) is 24.8 Å². The van der Waals surface area contributed by atoms with Crippen molar-refractivity contribution in [3.63, 3.8) is 0 Å². The molecule has 0 saturated heterocycles. The summed E-state index contributed by atoms with van der Waals surface area (Å²) in [5.41, 5.74) is 0.258. The SMILES string of the molecule is CC(C)(C)c1c[c-]c(/C=C\[CH]=[W])s1. The normalized spacial score (nSPS) is 12.2. The molecule has 0 aliphatic carbocycles. The van der Waals surface area contributed by atoms with E-state index < -0.39 is 0 Å².